The third kappa shape index (κ3) is 6.12. The molecule has 0 aliphatic rings. The van der Waals surface area contributed by atoms with Gasteiger partial charge < -0.3 is 9.32 Å². The van der Waals surface area contributed by atoms with Crippen LogP contribution in [0.4, 0.5) is 17.1 Å². The standard InChI is InChI=1S/C60H39NO/c1-2-14-42(15-3-1)51-36-31-47(56-38-46-17-6-7-18-50(46)53-19-8-9-20-54(53)56)39-57(51)61(48-32-27-41(28-33-48)45-26-25-40-13-4-5-16-44(40)37-45)49-34-29-43(30-35-49)52-22-12-24-59-60(52)55-21-10-11-23-58(55)62-59/h1-39H. The summed E-state index contributed by atoms with van der Waals surface area (Å²) < 4.78 is 6.30. The predicted molar refractivity (Wildman–Crippen MR) is 263 cm³/mol. The van der Waals surface area contributed by atoms with Gasteiger partial charge in [-0.3, -0.25) is 0 Å². The molecule has 0 atom stereocenters. The average Bonchev–Trinajstić information content (AvgIpc) is 3.74. The molecular formula is C60H39NO. The lowest BCUT2D eigenvalue weighted by molar-refractivity contribution is 0.669. The van der Waals surface area contributed by atoms with E-state index < -0.39 is 0 Å². The van der Waals surface area contributed by atoms with E-state index in [2.05, 4.69) is 229 Å². The van der Waals surface area contributed by atoms with E-state index in [4.69, 9.17) is 4.42 Å². The maximum absolute atomic E-state index is 6.30. The van der Waals surface area contributed by atoms with Crippen LogP contribution in [0.5, 0.6) is 0 Å². The van der Waals surface area contributed by atoms with Crippen molar-refractivity contribution in [1.82, 2.24) is 0 Å². The minimum atomic E-state index is 0.895. The van der Waals surface area contributed by atoms with Crippen LogP contribution in [0.2, 0.25) is 0 Å². The largest absolute Gasteiger partial charge is 0.456 e. The lowest BCUT2D eigenvalue weighted by Crippen LogP contribution is -2.11. The minimum Gasteiger partial charge on any atom is -0.456 e. The van der Waals surface area contributed by atoms with E-state index in [0.29, 0.717) is 0 Å². The molecule has 0 fully saturated rings. The van der Waals surface area contributed by atoms with E-state index in [1.807, 2.05) is 12.1 Å². The molecule has 0 spiro atoms. The number of nitrogens with zero attached hydrogens (tertiary/aromatic N) is 1. The lowest BCUT2D eigenvalue weighted by atomic mass is 9.91. The summed E-state index contributed by atoms with van der Waals surface area (Å²) in [7, 11) is 0. The molecule has 0 radical (unpaired) electrons. The molecule has 0 bridgehead atoms. The zero-order valence-corrected chi connectivity index (χ0v) is 33.9. The zero-order chi connectivity index (χ0) is 41.0. The highest BCUT2D eigenvalue weighted by Crippen LogP contribution is 2.46. The van der Waals surface area contributed by atoms with Crippen molar-refractivity contribution in [1.29, 1.82) is 0 Å². The second-order valence-electron chi connectivity index (χ2n) is 16.1. The van der Waals surface area contributed by atoms with Gasteiger partial charge in [0.2, 0.25) is 0 Å². The maximum Gasteiger partial charge on any atom is 0.136 e. The quantitative estimate of drug-likeness (QED) is 0.150. The first kappa shape index (κ1) is 35.7. The smallest absolute Gasteiger partial charge is 0.136 e. The molecule has 1 heterocycles. The second-order valence-corrected chi connectivity index (χ2v) is 16.1. The molecule has 290 valence electrons. The van der Waals surface area contributed by atoms with Crippen LogP contribution in [-0.2, 0) is 0 Å². The van der Waals surface area contributed by atoms with Crippen LogP contribution >= 0.6 is 0 Å². The fourth-order valence-electron chi connectivity index (χ4n) is 9.44. The highest BCUT2D eigenvalue weighted by atomic mass is 16.3. The summed E-state index contributed by atoms with van der Waals surface area (Å²) in [4.78, 5) is 2.43. The molecule has 0 saturated carbocycles. The molecule has 0 aliphatic heterocycles. The predicted octanol–water partition coefficient (Wildman–Crippen LogP) is 17.2. The molecule has 0 unspecified atom stereocenters. The number of anilines is 3. The van der Waals surface area contributed by atoms with Gasteiger partial charge in [-0.1, -0.05) is 182 Å². The van der Waals surface area contributed by atoms with Gasteiger partial charge >= 0.3 is 0 Å². The summed E-state index contributed by atoms with van der Waals surface area (Å²) in [6.07, 6.45) is 0. The van der Waals surface area contributed by atoms with Gasteiger partial charge in [0.1, 0.15) is 11.2 Å². The molecule has 0 amide bonds. The van der Waals surface area contributed by atoms with Crippen LogP contribution in [0, 0.1) is 0 Å². The number of para-hydroxylation sites is 1. The Hall–Kier alpha value is -8.20. The topological polar surface area (TPSA) is 16.4 Å². The van der Waals surface area contributed by atoms with Crippen LogP contribution < -0.4 is 4.90 Å². The molecule has 12 rings (SSSR count). The van der Waals surface area contributed by atoms with Crippen LogP contribution in [-0.4, -0.2) is 0 Å². The van der Waals surface area contributed by atoms with Gasteiger partial charge in [0.25, 0.3) is 0 Å². The normalized spacial score (nSPS) is 11.5. The number of rotatable bonds is 7. The number of furan rings is 1. The summed E-state index contributed by atoms with van der Waals surface area (Å²) >= 11 is 0. The Bertz CT molecular complexity index is 3620. The number of fused-ring (bicyclic) bond motifs is 7. The Morgan fingerprint density at radius 3 is 1.65 bits per heavy atom. The first-order valence-electron chi connectivity index (χ1n) is 21.2. The fourth-order valence-corrected chi connectivity index (χ4v) is 9.44. The van der Waals surface area contributed by atoms with E-state index in [-0.39, 0.29) is 0 Å². The molecular weight excluding hydrogens is 751 g/mol. The second kappa shape index (κ2) is 14.8. The lowest BCUT2D eigenvalue weighted by Gasteiger charge is -2.29. The van der Waals surface area contributed by atoms with E-state index in [9.17, 15) is 0 Å². The van der Waals surface area contributed by atoms with Crippen LogP contribution in [0.25, 0.3) is 98.8 Å². The van der Waals surface area contributed by atoms with Crippen molar-refractivity contribution >= 4 is 71.3 Å². The molecule has 62 heavy (non-hydrogen) atoms. The maximum atomic E-state index is 6.30. The monoisotopic (exact) mass is 789 g/mol. The van der Waals surface area contributed by atoms with E-state index >= 15 is 0 Å². The molecule has 0 aliphatic carbocycles. The molecule has 0 saturated heterocycles. The average molecular weight is 790 g/mol. The van der Waals surface area contributed by atoms with Crippen LogP contribution in [0.15, 0.2) is 241 Å². The summed E-state index contributed by atoms with van der Waals surface area (Å²) in [6, 6.07) is 85.7. The summed E-state index contributed by atoms with van der Waals surface area (Å²) in [5.74, 6) is 0. The number of hydrogen-bond donors (Lipinski definition) is 0. The van der Waals surface area contributed by atoms with Crippen molar-refractivity contribution in [2.75, 3.05) is 4.90 Å². The van der Waals surface area contributed by atoms with Crippen molar-refractivity contribution in [3.05, 3.63) is 237 Å². The molecule has 2 nitrogen and oxygen atoms in total. The molecule has 0 N–H and O–H groups in total. The van der Waals surface area contributed by atoms with Gasteiger partial charge in [-0.15, -0.1) is 0 Å². The SMILES string of the molecule is c1ccc(-c2ccc(-c3cc4ccccc4c4ccccc34)cc2N(c2ccc(-c3ccc4ccccc4c3)cc2)c2ccc(-c3cccc4oc5ccccc5c34)cc2)cc1. The Balaban J connectivity index is 1.06. The van der Waals surface area contributed by atoms with Crippen molar-refractivity contribution < 1.29 is 4.42 Å². The van der Waals surface area contributed by atoms with Gasteiger partial charge in [-0.2, -0.15) is 0 Å². The molecule has 1 aromatic heterocycles. The number of hydrogen-bond acceptors (Lipinski definition) is 2. The summed E-state index contributed by atoms with van der Waals surface area (Å²) in [6.45, 7) is 0. The van der Waals surface area contributed by atoms with Crippen LogP contribution in [0.1, 0.15) is 0 Å². The van der Waals surface area contributed by atoms with Gasteiger partial charge in [0.05, 0.1) is 5.69 Å². The van der Waals surface area contributed by atoms with E-state index in [1.165, 1.54) is 49.0 Å². The van der Waals surface area contributed by atoms with Crippen molar-refractivity contribution in [3.8, 4) is 44.5 Å². The van der Waals surface area contributed by atoms with Crippen molar-refractivity contribution in [2.45, 2.75) is 0 Å². The molecule has 2 heteroatoms. The van der Waals surface area contributed by atoms with Gasteiger partial charge in [-0.25, -0.2) is 0 Å². The zero-order valence-electron chi connectivity index (χ0n) is 33.9. The van der Waals surface area contributed by atoms with Gasteiger partial charge in [0, 0.05) is 27.7 Å². The Morgan fingerprint density at radius 2 is 0.855 bits per heavy atom. The van der Waals surface area contributed by atoms with E-state index in [0.717, 1.165) is 66.8 Å². The Labute approximate surface area is 360 Å². The Kier molecular flexibility index (Phi) is 8.53. The third-order valence-electron chi connectivity index (χ3n) is 12.4. The van der Waals surface area contributed by atoms with Crippen LogP contribution in [0.3, 0.4) is 0 Å². The minimum absolute atomic E-state index is 0.895. The molecule has 11 aromatic carbocycles. The highest BCUT2D eigenvalue weighted by Gasteiger charge is 2.21. The van der Waals surface area contributed by atoms with Crippen molar-refractivity contribution in [2.24, 2.45) is 0 Å². The highest BCUT2D eigenvalue weighted by molar-refractivity contribution is 6.15. The Morgan fingerprint density at radius 1 is 0.274 bits per heavy atom. The number of benzene rings is 11. The van der Waals surface area contributed by atoms with E-state index in [1.54, 1.807) is 0 Å². The van der Waals surface area contributed by atoms with Crippen molar-refractivity contribution in [3.63, 3.8) is 0 Å². The first-order valence-corrected chi connectivity index (χ1v) is 21.2. The van der Waals surface area contributed by atoms with Gasteiger partial charge in [0.15, 0.2) is 0 Å². The first-order chi connectivity index (χ1) is 30.7. The summed E-state index contributed by atoms with van der Waals surface area (Å²) in [5, 5.41) is 9.73. The van der Waals surface area contributed by atoms with Gasteiger partial charge in [-0.05, 0) is 126 Å². The fraction of sp³-hybridized carbons (Fsp3) is 0. The third-order valence-corrected chi connectivity index (χ3v) is 12.4. The summed E-state index contributed by atoms with van der Waals surface area (Å²) in [5.41, 5.74) is 14.4. The molecule has 12 aromatic rings.